The maximum absolute atomic E-state index is 12.5. The minimum atomic E-state index is 0.00693. The fourth-order valence-corrected chi connectivity index (χ4v) is 3.16. The van der Waals surface area contributed by atoms with Crippen molar-refractivity contribution in [1.82, 2.24) is 4.90 Å². The molecule has 0 spiro atoms. The Bertz CT molecular complexity index is 835. The molecule has 1 fully saturated rings. The average Bonchev–Trinajstić information content (AvgIpc) is 2.72. The molecular formula is C22H24N2O3. The third-order valence-corrected chi connectivity index (χ3v) is 4.77. The highest BCUT2D eigenvalue weighted by Gasteiger charge is 2.20. The van der Waals surface area contributed by atoms with Gasteiger partial charge in [-0.05, 0) is 43.3 Å². The number of Topliss-reactive ketones (excluding diaryl/α,β-unsaturated/α-hetero) is 1. The Morgan fingerprint density at radius 2 is 1.63 bits per heavy atom. The molecule has 140 valence electrons. The number of para-hydroxylation sites is 1. The van der Waals surface area contributed by atoms with Crippen LogP contribution in [0.1, 0.15) is 22.8 Å². The van der Waals surface area contributed by atoms with E-state index in [1.54, 1.807) is 26.2 Å². The number of amides is 1. The molecule has 0 N–H and O–H groups in total. The lowest BCUT2D eigenvalue weighted by molar-refractivity contribution is -0.126. The normalized spacial score (nSPS) is 14.4. The van der Waals surface area contributed by atoms with Gasteiger partial charge in [-0.2, -0.15) is 0 Å². The highest BCUT2D eigenvalue weighted by atomic mass is 16.5. The van der Waals surface area contributed by atoms with Gasteiger partial charge in [0, 0.05) is 49.1 Å². The lowest BCUT2D eigenvalue weighted by Crippen LogP contribution is -2.48. The van der Waals surface area contributed by atoms with E-state index < -0.39 is 0 Å². The second kappa shape index (κ2) is 8.54. The smallest absolute Gasteiger partial charge is 0.246 e. The Labute approximate surface area is 159 Å². The molecule has 1 aliphatic heterocycles. The minimum absolute atomic E-state index is 0.00693. The van der Waals surface area contributed by atoms with Gasteiger partial charge in [0.1, 0.15) is 5.75 Å². The van der Waals surface area contributed by atoms with Crippen molar-refractivity contribution in [2.24, 2.45) is 0 Å². The fourth-order valence-electron chi connectivity index (χ4n) is 3.16. The zero-order valence-corrected chi connectivity index (χ0v) is 15.7. The molecule has 5 nitrogen and oxygen atoms in total. The Morgan fingerprint density at radius 1 is 0.963 bits per heavy atom. The van der Waals surface area contributed by atoms with Crippen molar-refractivity contribution in [2.75, 3.05) is 38.2 Å². The summed E-state index contributed by atoms with van der Waals surface area (Å²) in [4.78, 5) is 27.9. The van der Waals surface area contributed by atoms with Gasteiger partial charge in [0.05, 0.1) is 7.11 Å². The number of benzene rings is 2. The molecule has 1 amide bonds. The summed E-state index contributed by atoms with van der Waals surface area (Å²) >= 11 is 0. The van der Waals surface area contributed by atoms with Gasteiger partial charge in [-0.1, -0.05) is 18.2 Å². The van der Waals surface area contributed by atoms with Crippen LogP contribution in [0, 0.1) is 0 Å². The molecule has 0 bridgehead atoms. The summed E-state index contributed by atoms with van der Waals surface area (Å²) < 4.78 is 5.31. The first-order valence-electron chi connectivity index (χ1n) is 9.04. The first-order chi connectivity index (χ1) is 13.1. The SMILES string of the molecule is COc1ccccc1/C=C/C(=O)N1CCN(c2ccc(C(C)=O)cc2)CC1. The number of ketones is 1. The zero-order chi connectivity index (χ0) is 19.2. The van der Waals surface area contributed by atoms with Crippen molar-refractivity contribution in [3.63, 3.8) is 0 Å². The van der Waals surface area contributed by atoms with E-state index in [9.17, 15) is 9.59 Å². The largest absolute Gasteiger partial charge is 0.496 e. The second-order valence-corrected chi connectivity index (χ2v) is 6.49. The van der Waals surface area contributed by atoms with E-state index >= 15 is 0 Å². The Hall–Kier alpha value is -3.08. The van der Waals surface area contributed by atoms with Crippen LogP contribution >= 0.6 is 0 Å². The van der Waals surface area contributed by atoms with Crippen molar-refractivity contribution in [1.29, 1.82) is 0 Å². The summed E-state index contributed by atoms with van der Waals surface area (Å²) in [6.07, 6.45) is 3.41. The predicted octanol–water partition coefficient (Wildman–Crippen LogP) is 3.26. The van der Waals surface area contributed by atoms with Crippen LogP contribution < -0.4 is 9.64 Å². The van der Waals surface area contributed by atoms with Gasteiger partial charge in [-0.15, -0.1) is 0 Å². The first kappa shape index (κ1) is 18.7. The monoisotopic (exact) mass is 364 g/mol. The molecule has 0 atom stereocenters. The van der Waals surface area contributed by atoms with Gasteiger partial charge in [-0.3, -0.25) is 9.59 Å². The van der Waals surface area contributed by atoms with Crippen LogP contribution in [0.15, 0.2) is 54.6 Å². The minimum Gasteiger partial charge on any atom is -0.496 e. The number of rotatable bonds is 5. The van der Waals surface area contributed by atoms with Crippen molar-refractivity contribution >= 4 is 23.5 Å². The maximum Gasteiger partial charge on any atom is 0.246 e. The van der Waals surface area contributed by atoms with E-state index in [4.69, 9.17) is 4.74 Å². The summed E-state index contributed by atoms with van der Waals surface area (Å²) in [5, 5.41) is 0. The van der Waals surface area contributed by atoms with Gasteiger partial charge >= 0.3 is 0 Å². The molecule has 2 aromatic carbocycles. The van der Waals surface area contributed by atoms with Crippen LogP contribution in [0.5, 0.6) is 5.75 Å². The average molecular weight is 364 g/mol. The van der Waals surface area contributed by atoms with E-state index in [2.05, 4.69) is 4.90 Å². The third-order valence-electron chi connectivity index (χ3n) is 4.77. The summed E-state index contributed by atoms with van der Waals surface area (Å²) in [6.45, 7) is 4.45. The number of anilines is 1. The number of hydrogen-bond donors (Lipinski definition) is 0. The van der Waals surface area contributed by atoms with Crippen molar-refractivity contribution < 1.29 is 14.3 Å². The molecule has 3 rings (SSSR count). The lowest BCUT2D eigenvalue weighted by atomic mass is 10.1. The Balaban J connectivity index is 1.57. The molecule has 0 unspecified atom stereocenters. The van der Waals surface area contributed by atoms with Gasteiger partial charge < -0.3 is 14.5 Å². The highest BCUT2D eigenvalue weighted by Crippen LogP contribution is 2.20. The van der Waals surface area contributed by atoms with E-state index in [1.165, 1.54) is 0 Å². The van der Waals surface area contributed by atoms with Crippen LogP contribution in [-0.4, -0.2) is 49.9 Å². The van der Waals surface area contributed by atoms with Gasteiger partial charge in [-0.25, -0.2) is 0 Å². The van der Waals surface area contributed by atoms with Crippen molar-refractivity contribution in [2.45, 2.75) is 6.92 Å². The number of methoxy groups -OCH3 is 1. The van der Waals surface area contributed by atoms with Gasteiger partial charge in [0.2, 0.25) is 5.91 Å². The number of nitrogens with zero attached hydrogens (tertiary/aromatic N) is 2. The molecule has 0 radical (unpaired) electrons. The maximum atomic E-state index is 12.5. The number of carbonyl (C=O) groups is 2. The molecule has 0 aromatic heterocycles. The first-order valence-corrected chi connectivity index (χ1v) is 9.04. The van der Waals surface area contributed by atoms with Crippen LogP contribution in [0.2, 0.25) is 0 Å². The molecule has 5 heteroatoms. The van der Waals surface area contributed by atoms with E-state index in [0.717, 1.165) is 30.1 Å². The Morgan fingerprint density at radius 3 is 2.26 bits per heavy atom. The molecule has 1 aliphatic rings. The number of ether oxygens (including phenoxy) is 1. The topological polar surface area (TPSA) is 49.9 Å². The molecule has 0 aliphatic carbocycles. The second-order valence-electron chi connectivity index (χ2n) is 6.49. The van der Waals surface area contributed by atoms with Crippen LogP contribution in [0.3, 0.4) is 0 Å². The molecular weight excluding hydrogens is 340 g/mol. The van der Waals surface area contributed by atoms with Crippen LogP contribution in [0.25, 0.3) is 6.08 Å². The van der Waals surface area contributed by atoms with Gasteiger partial charge in [0.15, 0.2) is 5.78 Å². The molecule has 2 aromatic rings. The molecule has 27 heavy (non-hydrogen) atoms. The molecule has 1 heterocycles. The van der Waals surface area contributed by atoms with Gasteiger partial charge in [0.25, 0.3) is 0 Å². The molecule has 0 saturated carbocycles. The van der Waals surface area contributed by atoms with Crippen molar-refractivity contribution in [3.8, 4) is 5.75 Å². The molecule has 1 saturated heterocycles. The fraction of sp³-hybridized carbons (Fsp3) is 0.273. The highest BCUT2D eigenvalue weighted by molar-refractivity contribution is 5.94. The summed E-state index contributed by atoms with van der Waals surface area (Å²) in [5.41, 5.74) is 2.68. The Kier molecular flexibility index (Phi) is 5.91. The summed E-state index contributed by atoms with van der Waals surface area (Å²) in [5.74, 6) is 0.826. The van der Waals surface area contributed by atoms with Crippen molar-refractivity contribution in [3.05, 3.63) is 65.7 Å². The lowest BCUT2D eigenvalue weighted by Gasteiger charge is -2.35. The zero-order valence-electron chi connectivity index (χ0n) is 15.7. The van der Waals surface area contributed by atoms with E-state index in [0.29, 0.717) is 18.7 Å². The summed E-state index contributed by atoms with van der Waals surface area (Å²) in [6, 6.07) is 15.3. The van der Waals surface area contributed by atoms with Crippen LogP contribution in [0.4, 0.5) is 5.69 Å². The summed E-state index contributed by atoms with van der Waals surface area (Å²) in [7, 11) is 1.62. The predicted molar refractivity (Wildman–Crippen MR) is 107 cm³/mol. The number of hydrogen-bond acceptors (Lipinski definition) is 4. The number of piperazine rings is 1. The van der Waals surface area contributed by atoms with Crippen LogP contribution in [-0.2, 0) is 4.79 Å². The standard InChI is InChI=1S/C22H24N2O3/c1-17(25)18-7-10-20(11-8-18)23-13-15-24(16-14-23)22(26)12-9-19-5-3-4-6-21(19)27-2/h3-12H,13-16H2,1-2H3/b12-9+. The van der Waals surface area contributed by atoms with E-state index in [-0.39, 0.29) is 11.7 Å². The quantitative estimate of drug-likeness (QED) is 0.604. The van der Waals surface area contributed by atoms with E-state index in [1.807, 2.05) is 53.4 Å². The third kappa shape index (κ3) is 4.56. The number of carbonyl (C=O) groups excluding carboxylic acids is 2.